The van der Waals surface area contributed by atoms with Crippen LogP contribution in [0.25, 0.3) is 0 Å². The Kier molecular flexibility index (Phi) is 4.08. The van der Waals surface area contributed by atoms with Crippen LogP contribution in [0.4, 0.5) is 0 Å². The summed E-state index contributed by atoms with van der Waals surface area (Å²) in [5, 5.41) is 28.0. The Balaban J connectivity index is 2.36. The van der Waals surface area contributed by atoms with Crippen LogP contribution < -0.4 is 0 Å². The molecular weight excluding hydrogens is 282 g/mol. The number of hydrogen-bond donors (Lipinski definition) is 3. The first-order valence-corrected chi connectivity index (χ1v) is 7.19. The van der Waals surface area contributed by atoms with E-state index in [1.807, 2.05) is 6.92 Å². The van der Waals surface area contributed by atoms with Gasteiger partial charge in [0.2, 0.25) is 0 Å². The third-order valence-corrected chi connectivity index (χ3v) is 4.63. The fourth-order valence-corrected chi connectivity index (χ4v) is 3.53. The van der Waals surface area contributed by atoms with Gasteiger partial charge in [-0.2, -0.15) is 0 Å². The van der Waals surface area contributed by atoms with Gasteiger partial charge in [-0.25, -0.2) is 4.79 Å². The molecule has 0 radical (unpaired) electrons. The number of rotatable bonds is 3. The van der Waals surface area contributed by atoms with Gasteiger partial charge in [0.15, 0.2) is 0 Å². The third kappa shape index (κ3) is 2.53. The van der Waals surface area contributed by atoms with Crippen molar-refractivity contribution < 1.29 is 24.9 Å². The zero-order chi connectivity index (χ0) is 14.9. The molecule has 108 valence electrons. The maximum Gasteiger partial charge on any atom is 0.327 e. The van der Waals surface area contributed by atoms with Crippen molar-refractivity contribution in [3.05, 3.63) is 23.8 Å². The van der Waals surface area contributed by atoms with Gasteiger partial charge in [-0.3, -0.25) is 4.79 Å². The number of phenols is 2. The molecular formula is C13H15NO5S. The van der Waals surface area contributed by atoms with Gasteiger partial charge in [-0.1, -0.05) is 6.92 Å². The molecule has 3 N–H and O–H groups in total. The largest absolute Gasteiger partial charge is 0.508 e. The second kappa shape index (κ2) is 5.62. The number of hydrogen-bond acceptors (Lipinski definition) is 5. The molecule has 6 nitrogen and oxygen atoms in total. The molecule has 1 aliphatic heterocycles. The van der Waals surface area contributed by atoms with E-state index < -0.39 is 17.9 Å². The van der Waals surface area contributed by atoms with E-state index in [0.29, 0.717) is 12.2 Å². The molecule has 0 spiro atoms. The van der Waals surface area contributed by atoms with Gasteiger partial charge in [-0.05, 0) is 18.6 Å². The van der Waals surface area contributed by atoms with E-state index in [9.17, 15) is 24.9 Å². The highest BCUT2D eigenvalue weighted by atomic mass is 32.2. The standard InChI is InChI=1S/C13H15NO5S/c1-2-11-14(9(6-20-11)13(18)19)12(17)8-4-3-7(15)5-10(8)16/h3-5,9,11,15-16H,2,6H2,1H3,(H,18,19). The molecule has 7 heteroatoms. The van der Waals surface area contributed by atoms with E-state index in [1.54, 1.807) is 0 Å². The molecule has 1 aromatic carbocycles. The van der Waals surface area contributed by atoms with Gasteiger partial charge in [0, 0.05) is 11.8 Å². The number of carbonyl (C=O) groups is 2. The molecule has 0 aliphatic carbocycles. The number of aromatic hydroxyl groups is 2. The van der Waals surface area contributed by atoms with Gasteiger partial charge < -0.3 is 20.2 Å². The fourth-order valence-electron chi connectivity index (χ4n) is 2.18. The molecule has 0 saturated carbocycles. The lowest BCUT2D eigenvalue weighted by atomic mass is 10.1. The molecule has 0 bridgehead atoms. The first-order valence-electron chi connectivity index (χ1n) is 6.14. The Morgan fingerprint density at radius 2 is 2.10 bits per heavy atom. The molecule has 1 heterocycles. The van der Waals surface area contributed by atoms with Gasteiger partial charge in [0.05, 0.1) is 10.9 Å². The lowest BCUT2D eigenvalue weighted by Gasteiger charge is -2.26. The highest BCUT2D eigenvalue weighted by Crippen LogP contribution is 2.34. The van der Waals surface area contributed by atoms with Crippen LogP contribution in [-0.4, -0.2) is 49.3 Å². The fraction of sp³-hybridized carbons (Fsp3) is 0.385. The van der Waals surface area contributed by atoms with Crippen LogP contribution in [0.15, 0.2) is 18.2 Å². The number of phenolic OH excluding ortho intramolecular Hbond substituents is 2. The van der Waals surface area contributed by atoms with Gasteiger partial charge in [0.25, 0.3) is 5.91 Å². The van der Waals surface area contributed by atoms with E-state index in [-0.39, 0.29) is 22.4 Å². The Morgan fingerprint density at radius 1 is 1.40 bits per heavy atom. The average molecular weight is 297 g/mol. The lowest BCUT2D eigenvalue weighted by molar-refractivity contribution is -0.141. The van der Waals surface area contributed by atoms with E-state index in [4.69, 9.17) is 0 Å². The first-order chi connectivity index (χ1) is 9.45. The maximum absolute atomic E-state index is 12.5. The monoisotopic (exact) mass is 297 g/mol. The van der Waals surface area contributed by atoms with Crippen LogP contribution in [0.1, 0.15) is 23.7 Å². The Morgan fingerprint density at radius 3 is 2.65 bits per heavy atom. The minimum Gasteiger partial charge on any atom is -0.508 e. The third-order valence-electron chi connectivity index (χ3n) is 3.17. The van der Waals surface area contributed by atoms with Gasteiger partial charge >= 0.3 is 5.97 Å². The summed E-state index contributed by atoms with van der Waals surface area (Å²) < 4.78 is 0. The highest BCUT2D eigenvalue weighted by molar-refractivity contribution is 8.00. The summed E-state index contributed by atoms with van der Waals surface area (Å²) in [7, 11) is 0. The van der Waals surface area contributed by atoms with Crippen LogP contribution in [0, 0.1) is 0 Å². The van der Waals surface area contributed by atoms with E-state index in [2.05, 4.69) is 0 Å². The molecule has 2 unspecified atom stereocenters. The summed E-state index contributed by atoms with van der Waals surface area (Å²) in [6.45, 7) is 1.87. The number of aliphatic carboxylic acids is 1. The van der Waals surface area contributed by atoms with Crippen LogP contribution in [0.3, 0.4) is 0 Å². The summed E-state index contributed by atoms with van der Waals surface area (Å²) in [5.41, 5.74) is -0.00463. The van der Waals surface area contributed by atoms with Crippen molar-refractivity contribution in [2.75, 3.05) is 5.75 Å². The van der Waals surface area contributed by atoms with E-state index in [0.717, 1.165) is 6.07 Å². The zero-order valence-electron chi connectivity index (χ0n) is 10.8. The summed E-state index contributed by atoms with van der Waals surface area (Å²) in [4.78, 5) is 25.0. The van der Waals surface area contributed by atoms with E-state index in [1.165, 1.54) is 28.8 Å². The summed E-state index contributed by atoms with van der Waals surface area (Å²) in [6.07, 6.45) is 0.624. The Bertz CT molecular complexity index is 548. The average Bonchev–Trinajstić information content (AvgIpc) is 2.81. The number of carbonyl (C=O) groups excluding carboxylic acids is 1. The molecule has 2 rings (SSSR count). The topological polar surface area (TPSA) is 98.1 Å². The van der Waals surface area contributed by atoms with Crippen LogP contribution in [-0.2, 0) is 4.79 Å². The van der Waals surface area contributed by atoms with Gasteiger partial charge in [0.1, 0.15) is 17.5 Å². The van der Waals surface area contributed by atoms with Crippen LogP contribution in [0.5, 0.6) is 11.5 Å². The minimum atomic E-state index is -1.06. The molecule has 1 amide bonds. The molecule has 2 atom stereocenters. The highest BCUT2D eigenvalue weighted by Gasteiger charge is 2.41. The van der Waals surface area contributed by atoms with Crippen molar-refractivity contribution in [2.24, 2.45) is 0 Å². The zero-order valence-corrected chi connectivity index (χ0v) is 11.6. The number of benzene rings is 1. The van der Waals surface area contributed by atoms with Gasteiger partial charge in [-0.15, -0.1) is 11.8 Å². The normalized spacial score (nSPS) is 21.9. The molecule has 20 heavy (non-hydrogen) atoms. The maximum atomic E-state index is 12.5. The van der Waals surface area contributed by atoms with Crippen LogP contribution in [0.2, 0.25) is 0 Å². The van der Waals surface area contributed by atoms with Crippen molar-refractivity contribution >= 4 is 23.6 Å². The predicted octanol–water partition coefficient (Wildman–Crippen LogP) is 1.48. The summed E-state index contributed by atoms with van der Waals surface area (Å²) in [5.74, 6) is -1.77. The molecule has 1 aromatic rings. The molecule has 1 aliphatic rings. The summed E-state index contributed by atoms with van der Waals surface area (Å²) >= 11 is 1.41. The Labute approximate surface area is 120 Å². The first kappa shape index (κ1) is 14.5. The number of amides is 1. The van der Waals surface area contributed by atoms with Crippen LogP contribution >= 0.6 is 11.8 Å². The minimum absolute atomic E-state index is 0.00463. The predicted molar refractivity (Wildman–Crippen MR) is 73.9 cm³/mol. The smallest absolute Gasteiger partial charge is 0.327 e. The molecule has 0 aromatic heterocycles. The Hall–Kier alpha value is -1.89. The summed E-state index contributed by atoms with van der Waals surface area (Å²) in [6, 6.07) is 2.74. The van der Waals surface area contributed by atoms with Crippen molar-refractivity contribution in [2.45, 2.75) is 24.8 Å². The second-order valence-electron chi connectivity index (χ2n) is 4.46. The van der Waals surface area contributed by atoms with Crippen molar-refractivity contribution in [1.82, 2.24) is 4.90 Å². The quantitative estimate of drug-likeness (QED) is 0.781. The number of nitrogens with zero attached hydrogens (tertiary/aromatic N) is 1. The molecule has 1 saturated heterocycles. The van der Waals surface area contributed by atoms with E-state index >= 15 is 0 Å². The number of carboxylic acid groups (broad SMARTS) is 1. The SMILES string of the molecule is CCC1SCC(C(=O)O)N1C(=O)c1ccc(O)cc1O. The second-order valence-corrected chi connectivity index (χ2v) is 5.67. The number of carboxylic acids is 1. The van der Waals surface area contributed by atoms with Crippen molar-refractivity contribution in [3.8, 4) is 11.5 Å². The van der Waals surface area contributed by atoms with Crippen molar-refractivity contribution in [1.29, 1.82) is 0 Å². The molecule has 1 fully saturated rings. The number of thioether (sulfide) groups is 1. The van der Waals surface area contributed by atoms with Crippen molar-refractivity contribution in [3.63, 3.8) is 0 Å². The lowest BCUT2D eigenvalue weighted by Crippen LogP contribution is -2.45.